The molecule has 2 aromatic carbocycles. The van der Waals surface area contributed by atoms with E-state index in [1.54, 1.807) is 13.2 Å². The summed E-state index contributed by atoms with van der Waals surface area (Å²) in [6.07, 6.45) is 7.91. The lowest BCUT2D eigenvalue weighted by Crippen LogP contribution is -2.27. The lowest BCUT2D eigenvalue weighted by Gasteiger charge is -2.18. The molecule has 0 heterocycles. The Morgan fingerprint density at radius 1 is 1.00 bits per heavy atom. The number of benzene rings is 2. The molecular formula is C22H26BrCl2NO2. The number of methoxy groups -OCH3 is 1. The second-order valence-electron chi connectivity index (χ2n) is 7.22. The van der Waals surface area contributed by atoms with E-state index in [0.717, 1.165) is 16.6 Å². The Morgan fingerprint density at radius 2 is 1.75 bits per heavy atom. The first-order valence-corrected chi connectivity index (χ1v) is 11.3. The molecule has 0 unspecified atom stereocenters. The predicted octanol–water partition coefficient (Wildman–Crippen LogP) is 7.16. The molecule has 0 amide bonds. The van der Waals surface area contributed by atoms with E-state index in [2.05, 4.69) is 27.3 Å². The third-order valence-corrected chi connectivity index (χ3v) is 6.43. The van der Waals surface area contributed by atoms with Gasteiger partial charge in [-0.3, -0.25) is 0 Å². The van der Waals surface area contributed by atoms with Crippen LogP contribution in [0.25, 0.3) is 0 Å². The topological polar surface area (TPSA) is 30.5 Å². The minimum Gasteiger partial charge on any atom is -0.493 e. The molecule has 0 aliphatic heterocycles. The molecule has 6 heteroatoms. The van der Waals surface area contributed by atoms with Gasteiger partial charge in [0.2, 0.25) is 0 Å². The molecule has 1 saturated carbocycles. The summed E-state index contributed by atoms with van der Waals surface area (Å²) in [5.74, 6) is 1.40. The molecule has 3 nitrogen and oxygen atoms in total. The highest BCUT2D eigenvalue weighted by molar-refractivity contribution is 9.10. The standard InChI is InChI=1S/C22H26BrCl2NO2/c1-27-21-12-16(13-26-17-6-4-2-3-5-7-17)10-18(23)22(21)28-14-15-8-9-19(24)20(25)11-15/h8-12,17,26H,2-7,13-14H2,1H3. The zero-order chi connectivity index (χ0) is 19.9. The van der Waals surface area contributed by atoms with E-state index >= 15 is 0 Å². The molecule has 1 fully saturated rings. The van der Waals surface area contributed by atoms with Crippen LogP contribution >= 0.6 is 39.1 Å². The van der Waals surface area contributed by atoms with Gasteiger partial charge >= 0.3 is 0 Å². The molecule has 0 radical (unpaired) electrons. The summed E-state index contributed by atoms with van der Waals surface area (Å²) in [7, 11) is 1.66. The van der Waals surface area contributed by atoms with Gasteiger partial charge in [0.25, 0.3) is 0 Å². The Kier molecular flexibility index (Phi) is 8.34. The summed E-state index contributed by atoms with van der Waals surface area (Å²) in [5, 5.41) is 4.76. The van der Waals surface area contributed by atoms with E-state index in [4.69, 9.17) is 32.7 Å². The summed E-state index contributed by atoms with van der Waals surface area (Å²) in [4.78, 5) is 0. The van der Waals surface area contributed by atoms with E-state index in [1.165, 1.54) is 44.1 Å². The first-order valence-electron chi connectivity index (χ1n) is 9.73. The van der Waals surface area contributed by atoms with Gasteiger partial charge in [-0.25, -0.2) is 0 Å². The van der Waals surface area contributed by atoms with Crippen molar-refractivity contribution < 1.29 is 9.47 Å². The van der Waals surface area contributed by atoms with Crippen molar-refractivity contribution in [2.24, 2.45) is 0 Å². The van der Waals surface area contributed by atoms with Gasteiger partial charge in [0.05, 0.1) is 21.6 Å². The maximum atomic E-state index is 6.09. The number of nitrogens with one attached hydrogen (secondary N) is 1. The number of hydrogen-bond acceptors (Lipinski definition) is 3. The molecule has 28 heavy (non-hydrogen) atoms. The highest BCUT2D eigenvalue weighted by Crippen LogP contribution is 2.37. The zero-order valence-corrected chi connectivity index (χ0v) is 19.2. The number of hydrogen-bond donors (Lipinski definition) is 1. The van der Waals surface area contributed by atoms with Crippen molar-refractivity contribution in [2.45, 2.75) is 57.7 Å². The van der Waals surface area contributed by atoms with Gasteiger partial charge in [0.15, 0.2) is 11.5 Å². The predicted molar refractivity (Wildman–Crippen MR) is 120 cm³/mol. The molecule has 0 spiro atoms. The van der Waals surface area contributed by atoms with E-state index in [1.807, 2.05) is 18.2 Å². The molecule has 152 valence electrons. The van der Waals surface area contributed by atoms with Gasteiger partial charge in [-0.1, -0.05) is 55.0 Å². The van der Waals surface area contributed by atoms with Crippen molar-refractivity contribution in [3.05, 3.63) is 56.0 Å². The summed E-state index contributed by atoms with van der Waals surface area (Å²) in [6, 6.07) is 10.2. The van der Waals surface area contributed by atoms with Gasteiger partial charge in [-0.2, -0.15) is 0 Å². The van der Waals surface area contributed by atoms with Gasteiger partial charge in [-0.15, -0.1) is 0 Å². The molecule has 0 aromatic heterocycles. The smallest absolute Gasteiger partial charge is 0.175 e. The van der Waals surface area contributed by atoms with Gasteiger partial charge in [0, 0.05) is 12.6 Å². The molecule has 0 atom stereocenters. The zero-order valence-electron chi connectivity index (χ0n) is 16.1. The van der Waals surface area contributed by atoms with Crippen molar-refractivity contribution in [3.8, 4) is 11.5 Å². The SMILES string of the molecule is COc1cc(CNC2CCCCCC2)cc(Br)c1OCc1ccc(Cl)c(Cl)c1. The van der Waals surface area contributed by atoms with Crippen LogP contribution in [0, 0.1) is 0 Å². The second-order valence-corrected chi connectivity index (χ2v) is 8.88. The van der Waals surface area contributed by atoms with Crippen LogP contribution < -0.4 is 14.8 Å². The molecule has 1 aliphatic carbocycles. The van der Waals surface area contributed by atoms with E-state index in [-0.39, 0.29) is 0 Å². The fraction of sp³-hybridized carbons (Fsp3) is 0.455. The Morgan fingerprint density at radius 3 is 2.43 bits per heavy atom. The minimum atomic E-state index is 0.380. The van der Waals surface area contributed by atoms with Crippen LogP contribution in [0.2, 0.25) is 10.0 Å². The molecule has 0 bridgehead atoms. The molecule has 2 aromatic rings. The maximum Gasteiger partial charge on any atom is 0.175 e. The molecule has 1 aliphatic rings. The first kappa shape index (κ1) is 21.8. The number of halogens is 3. The van der Waals surface area contributed by atoms with Crippen molar-refractivity contribution in [2.75, 3.05) is 7.11 Å². The first-order chi connectivity index (χ1) is 13.6. The normalized spacial score (nSPS) is 15.3. The van der Waals surface area contributed by atoms with Gasteiger partial charge in [0.1, 0.15) is 6.61 Å². The van der Waals surface area contributed by atoms with Crippen LogP contribution in [-0.4, -0.2) is 13.2 Å². The van der Waals surface area contributed by atoms with E-state index in [9.17, 15) is 0 Å². The van der Waals surface area contributed by atoms with E-state index in [0.29, 0.717) is 34.2 Å². The van der Waals surface area contributed by atoms with Crippen LogP contribution in [-0.2, 0) is 13.2 Å². The van der Waals surface area contributed by atoms with Gasteiger partial charge in [-0.05, 0) is 64.2 Å². The lowest BCUT2D eigenvalue weighted by molar-refractivity contribution is 0.282. The molecule has 3 rings (SSSR count). The summed E-state index contributed by atoms with van der Waals surface area (Å²) >= 11 is 15.7. The van der Waals surface area contributed by atoms with Crippen molar-refractivity contribution in [1.29, 1.82) is 0 Å². The van der Waals surface area contributed by atoms with E-state index < -0.39 is 0 Å². The lowest BCUT2D eigenvalue weighted by atomic mass is 10.1. The monoisotopic (exact) mass is 485 g/mol. The Hall–Kier alpha value is -0.940. The molecule has 0 saturated heterocycles. The average molecular weight is 487 g/mol. The fourth-order valence-electron chi connectivity index (χ4n) is 3.55. The average Bonchev–Trinajstić information content (AvgIpc) is 2.96. The fourth-order valence-corrected chi connectivity index (χ4v) is 4.47. The third kappa shape index (κ3) is 6.03. The molecule has 1 N–H and O–H groups in total. The highest BCUT2D eigenvalue weighted by Gasteiger charge is 2.15. The van der Waals surface area contributed by atoms with Crippen LogP contribution in [0.1, 0.15) is 49.7 Å². The Balaban J connectivity index is 1.65. The van der Waals surface area contributed by atoms with Crippen molar-refractivity contribution in [1.82, 2.24) is 5.32 Å². The third-order valence-electron chi connectivity index (χ3n) is 5.11. The second kappa shape index (κ2) is 10.7. The summed E-state index contributed by atoms with van der Waals surface area (Å²) in [5.41, 5.74) is 2.12. The van der Waals surface area contributed by atoms with Gasteiger partial charge < -0.3 is 14.8 Å². The van der Waals surface area contributed by atoms with Crippen molar-refractivity contribution in [3.63, 3.8) is 0 Å². The maximum absolute atomic E-state index is 6.09. The van der Waals surface area contributed by atoms with Crippen LogP contribution in [0.5, 0.6) is 11.5 Å². The van der Waals surface area contributed by atoms with Crippen LogP contribution in [0.3, 0.4) is 0 Å². The highest BCUT2D eigenvalue weighted by atomic mass is 79.9. The van der Waals surface area contributed by atoms with Crippen LogP contribution in [0.4, 0.5) is 0 Å². The van der Waals surface area contributed by atoms with Crippen molar-refractivity contribution >= 4 is 39.1 Å². The largest absolute Gasteiger partial charge is 0.493 e. The number of ether oxygens (including phenoxy) is 2. The minimum absolute atomic E-state index is 0.380. The quantitative estimate of drug-likeness (QED) is 0.421. The Labute approximate surface area is 185 Å². The molecular weight excluding hydrogens is 461 g/mol. The number of rotatable bonds is 7. The summed E-state index contributed by atoms with van der Waals surface area (Å²) < 4.78 is 12.5. The van der Waals surface area contributed by atoms with Crippen LogP contribution in [0.15, 0.2) is 34.8 Å². The summed E-state index contributed by atoms with van der Waals surface area (Å²) in [6.45, 7) is 1.21. The Bertz CT molecular complexity index is 792.